The van der Waals surface area contributed by atoms with Crippen molar-refractivity contribution in [2.45, 2.75) is 18.2 Å². The highest BCUT2D eigenvalue weighted by Crippen LogP contribution is 2.29. The molecule has 2 unspecified atom stereocenters. The van der Waals surface area contributed by atoms with Gasteiger partial charge < -0.3 is 9.64 Å². The molecule has 2 N–H and O–H groups in total. The molecule has 0 saturated heterocycles. The number of nitrogens with zero attached hydrogens (tertiary/aromatic N) is 1. The SMILES string of the molecule is COc1ccc(-c2ccc3c(c2)CN(CCC(C(=O)NO)S(C)=O)C3=O)cc1. The van der Waals surface area contributed by atoms with Gasteiger partial charge in [0.25, 0.3) is 11.8 Å². The fourth-order valence-electron chi connectivity index (χ4n) is 3.32. The number of hydrogen-bond donors (Lipinski definition) is 2. The molecule has 0 aromatic heterocycles. The van der Waals surface area contributed by atoms with Gasteiger partial charge in [-0.2, -0.15) is 0 Å². The number of carbonyl (C=O) groups excluding carboxylic acids is 2. The highest BCUT2D eigenvalue weighted by Gasteiger charge is 2.30. The first kappa shape index (κ1) is 20.0. The van der Waals surface area contributed by atoms with Gasteiger partial charge in [0.15, 0.2) is 0 Å². The Bertz CT molecular complexity index is 913. The summed E-state index contributed by atoms with van der Waals surface area (Å²) in [5, 5.41) is 7.92. The Balaban J connectivity index is 1.73. The molecule has 28 heavy (non-hydrogen) atoms. The van der Waals surface area contributed by atoms with E-state index in [2.05, 4.69) is 0 Å². The van der Waals surface area contributed by atoms with Crippen LogP contribution < -0.4 is 10.2 Å². The van der Waals surface area contributed by atoms with E-state index in [4.69, 9.17) is 9.94 Å². The Hall–Kier alpha value is -2.71. The molecule has 1 heterocycles. The third-order valence-corrected chi connectivity index (χ3v) is 6.12. The standard InChI is InChI=1S/C20H22N2O5S/c1-27-16-6-3-13(4-7-16)14-5-8-17-15(11-14)12-22(20(17)24)10-9-18(28(2)26)19(23)21-25/h3-8,11,18,25H,9-10,12H2,1-2H3,(H,21,23). The van der Waals surface area contributed by atoms with Crippen LogP contribution >= 0.6 is 0 Å². The smallest absolute Gasteiger partial charge is 0.259 e. The number of methoxy groups -OCH3 is 1. The Labute approximate surface area is 165 Å². The van der Waals surface area contributed by atoms with Crippen molar-refractivity contribution in [2.24, 2.45) is 0 Å². The molecule has 0 fully saturated rings. The number of rotatable bonds is 7. The van der Waals surface area contributed by atoms with Crippen LogP contribution in [0.1, 0.15) is 22.3 Å². The molecule has 2 amide bonds. The van der Waals surface area contributed by atoms with Crippen molar-refractivity contribution in [1.29, 1.82) is 0 Å². The average Bonchev–Trinajstić information content (AvgIpc) is 3.02. The highest BCUT2D eigenvalue weighted by molar-refractivity contribution is 7.85. The van der Waals surface area contributed by atoms with Crippen molar-refractivity contribution < 1.29 is 23.7 Å². The molecule has 0 saturated carbocycles. The Kier molecular flexibility index (Phi) is 6.11. The highest BCUT2D eigenvalue weighted by atomic mass is 32.2. The Morgan fingerprint density at radius 3 is 2.54 bits per heavy atom. The lowest BCUT2D eigenvalue weighted by Crippen LogP contribution is -2.38. The van der Waals surface area contributed by atoms with Crippen molar-refractivity contribution in [3.8, 4) is 16.9 Å². The third kappa shape index (κ3) is 4.07. The van der Waals surface area contributed by atoms with E-state index in [1.807, 2.05) is 42.5 Å². The van der Waals surface area contributed by atoms with Crippen LogP contribution in [0.25, 0.3) is 11.1 Å². The predicted molar refractivity (Wildman–Crippen MR) is 106 cm³/mol. The Morgan fingerprint density at radius 1 is 1.25 bits per heavy atom. The molecule has 0 bridgehead atoms. The first-order valence-corrected chi connectivity index (χ1v) is 10.4. The van der Waals surface area contributed by atoms with Crippen molar-refractivity contribution in [3.63, 3.8) is 0 Å². The molecule has 7 nitrogen and oxygen atoms in total. The first-order chi connectivity index (χ1) is 13.4. The van der Waals surface area contributed by atoms with Crippen LogP contribution in [0.15, 0.2) is 42.5 Å². The number of benzene rings is 2. The lowest BCUT2D eigenvalue weighted by molar-refractivity contribution is -0.128. The fraction of sp³-hybridized carbons (Fsp3) is 0.300. The summed E-state index contributed by atoms with van der Waals surface area (Å²) in [6.07, 6.45) is 1.61. The maximum Gasteiger partial charge on any atom is 0.259 e. The number of nitrogens with one attached hydrogen (secondary N) is 1. The minimum Gasteiger partial charge on any atom is -0.497 e. The minimum absolute atomic E-state index is 0.110. The molecule has 0 spiro atoms. The van der Waals surface area contributed by atoms with E-state index in [0.29, 0.717) is 12.1 Å². The monoisotopic (exact) mass is 402 g/mol. The van der Waals surface area contributed by atoms with E-state index >= 15 is 0 Å². The molecule has 8 heteroatoms. The van der Waals surface area contributed by atoms with Gasteiger partial charge in [-0.15, -0.1) is 0 Å². The van der Waals surface area contributed by atoms with E-state index < -0.39 is 22.0 Å². The zero-order valence-corrected chi connectivity index (χ0v) is 16.5. The molecule has 2 atom stereocenters. The summed E-state index contributed by atoms with van der Waals surface area (Å²) in [5.41, 5.74) is 5.12. The fourth-order valence-corrected chi connectivity index (χ4v) is 4.11. The molecule has 2 aromatic carbocycles. The lowest BCUT2D eigenvalue weighted by atomic mass is 10.0. The van der Waals surface area contributed by atoms with Crippen molar-refractivity contribution >= 4 is 22.6 Å². The van der Waals surface area contributed by atoms with E-state index in [1.54, 1.807) is 12.0 Å². The maximum absolute atomic E-state index is 12.6. The topological polar surface area (TPSA) is 95.9 Å². The van der Waals surface area contributed by atoms with Gasteiger partial charge >= 0.3 is 0 Å². The first-order valence-electron chi connectivity index (χ1n) is 8.77. The van der Waals surface area contributed by atoms with Crippen LogP contribution in [-0.4, -0.2) is 51.3 Å². The van der Waals surface area contributed by atoms with Crippen LogP contribution in [0.4, 0.5) is 0 Å². The summed E-state index contributed by atoms with van der Waals surface area (Å²) in [7, 11) is 0.172. The van der Waals surface area contributed by atoms with Crippen LogP contribution in [0.3, 0.4) is 0 Å². The van der Waals surface area contributed by atoms with E-state index in [0.717, 1.165) is 22.4 Å². The molecule has 2 aromatic rings. The van der Waals surface area contributed by atoms with Gasteiger partial charge in [-0.05, 0) is 47.4 Å². The van der Waals surface area contributed by atoms with Crippen LogP contribution in [0, 0.1) is 0 Å². The molecular formula is C20H22N2O5S. The summed E-state index contributed by atoms with van der Waals surface area (Å²) < 4.78 is 16.9. The van der Waals surface area contributed by atoms with Crippen LogP contribution in [0.5, 0.6) is 5.75 Å². The molecule has 0 aliphatic carbocycles. The number of hydroxylamine groups is 1. The second-order valence-electron chi connectivity index (χ2n) is 6.58. The summed E-state index contributed by atoms with van der Waals surface area (Å²) >= 11 is 0. The number of fused-ring (bicyclic) bond motifs is 1. The van der Waals surface area contributed by atoms with Crippen molar-refractivity contribution in [1.82, 2.24) is 10.4 Å². The number of carbonyl (C=O) groups is 2. The van der Waals surface area contributed by atoms with Crippen LogP contribution in [0.2, 0.25) is 0 Å². The second-order valence-corrected chi connectivity index (χ2v) is 8.15. The lowest BCUT2D eigenvalue weighted by Gasteiger charge is -2.18. The van der Waals surface area contributed by atoms with Gasteiger partial charge in [-0.25, -0.2) is 5.48 Å². The third-order valence-electron chi connectivity index (χ3n) is 4.87. The number of ether oxygens (including phenoxy) is 1. The molecule has 1 aliphatic rings. The van der Waals surface area contributed by atoms with Gasteiger partial charge in [0.2, 0.25) is 0 Å². The van der Waals surface area contributed by atoms with E-state index in [1.165, 1.54) is 11.7 Å². The maximum atomic E-state index is 12.6. The van der Waals surface area contributed by atoms with Crippen molar-refractivity contribution in [2.75, 3.05) is 19.9 Å². The van der Waals surface area contributed by atoms with Gasteiger partial charge in [-0.1, -0.05) is 18.2 Å². The quantitative estimate of drug-likeness (QED) is 0.545. The average molecular weight is 402 g/mol. The molecule has 0 radical (unpaired) electrons. The van der Waals surface area contributed by atoms with E-state index in [-0.39, 0.29) is 18.9 Å². The van der Waals surface area contributed by atoms with Gasteiger partial charge in [0.1, 0.15) is 11.0 Å². The van der Waals surface area contributed by atoms with Gasteiger partial charge in [-0.3, -0.25) is 19.0 Å². The predicted octanol–water partition coefficient (Wildman–Crippen LogP) is 1.96. The molecular weight excluding hydrogens is 380 g/mol. The summed E-state index contributed by atoms with van der Waals surface area (Å²) in [6.45, 7) is 0.713. The Morgan fingerprint density at radius 2 is 1.93 bits per heavy atom. The largest absolute Gasteiger partial charge is 0.497 e. The van der Waals surface area contributed by atoms with Crippen LogP contribution in [-0.2, 0) is 22.1 Å². The number of hydrogen-bond acceptors (Lipinski definition) is 5. The zero-order chi connectivity index (χ0) is 20.3. The van der Waals surface area contributed by atoms with Gasteiger partial charge in [0.05, 0.1) is 7.11 Å². The molecule has 148 valence electrons. The summed E-state index contributed by atoms with van der Waals surface area (Å²) in [4.78, 5) is 25.9. The summed E-state index contributed by atoms with van der Waals surface area (Å²) in [6, 6.07) is 13.4. The molecule has 3 rings (SSSR count). The zero-order valence-electron chi connectivity index (χ0n) is 15.7. The van der Waals surface area contributed by atoms with E-state index in [9.17, 15) is 13.8 Å². The molecule has 1 aliphatic heterocycles. The van der Waals surface area contributed by atoms with Gasteiger partial charge in [0, 0.05) is 35.7 Å². The normalized spacial score (nSPS) is 15.1. The van der Waals surface area contributed by atoms with Crippen molar-refractivity contribution in [3.05, 3.63) is 53.6 Å². The summed E-state index contributed by atoms with van der Waals surface area (Å²) in [5.74, 6) is -0.0332. The number of amides is 2. The minimum atomic E-state index is -1.45. The second kappa shape index (κ2) is 8.53.